The van der Waals surface area contributed by atoms with Gasteiger partial charge < -0.3 is 20.1 Å². The summed E-state index contributed by atoms with van der Waals surface area (Å²) in [5.41, 5.74) is -0.771. The minimum atomic E-state index is -1.40. The highest BCUT2D eigenvalue weighted by Gasteiger charge is 2.20. The van der Waals surface area contributed by atoms with Gasteiger partial charge in [-0.25, -0.2) is 9.59 Å². The van der Waals surface area contributed by atoms with Crippen molar-refractivity contribution >= 4 is 11.9 Å². The van der Waals surface area contributed by atoms with Crippen LogP contribution < -0.4 is 4.74 Å². The Balaban J connectivity index is 3.35. The highest BCUT2D eigenvalue weighted by atomic mass is 16.5. The second-order valence-electron chi connectivity index (χ2n) is 3.64. The summed E-state index contributed by atoms with van der Waals surface area (Å²) in [6, 6.07) is 1.87. The zero-order valence-corrected chi connectivity index (χ0v) is 9.30. The SMILES string of the molecule is CC(C)Oc1cc(O)c(C(=O)O)cc1C(=O)O. The van der Waals surface area contributed by atoms with E-state index in [1.165, 1.54) is 0 Å². The van der Waals surface area contributed by atoms with E-state index >= 15 is 0 Å². The van der Waals surface area contributed by atoms with Gasteiger partial charge in [-0.3, -0.25) is 0 Å². The fraction of sp³-hybridized carbons (Fsp3) is 0.273. The summed E-state index contributed by atoms with van der Waals surface area (Å²) < 4.78 is 5.19. The Morgan fingerprint density at radius 1 is 1.12 bits per heavy atom. The summed E-state index contributed by atoms with van der Waals surface area (Å²) in [7, 11) is 0. The molecule has 0 unspecified atom stereocenters. The van der Waals surface area contributed by atoms with Crippen LogP contribution in [0.4, 0.5) is 0 Å². The van der Waals surface area contributed by atoms with Crippen LogP contribution in [0.1, 0.15) is 34.6 Å². The molecule has 17 heavy (non-hydrogen) atoms. The molecule has 1 aromatic rings. The monoisotopic (exact) mass is 240 g/mol. The van der Waals surface area contributed by atoms with Crippen LogP contribution in [-0.2, 0) is 0 Å². The lowest BCUT2D eigenvalue weighted by atomic mass is 10.1. The van der Waals surface area contributed by atoms with Gasteiger partial charge in [0, 0.05) is 6.07 Å². The third kappa shape index (κ3) is 2.87. The van der Waals surface area contributed by atoms with Crippen molar-refractivity contribution in [3.8, 4) is 11.5 Å². The Morgan fingerprint density at radius 2 is 1.65 bits per heavy atom. The van der Waals surface area contributed by atoms with Crippen molar-refractivity contribution in [2.45, 2.75) is 20.0 Å². The van der Waals surface area contributed by atoms with Crippen molar-refractivity contribution in [3.05, 3.63) is 23.3 Å². The Morgan fingerprint density at radius 3 is 2.06 bits per heavy atom. The molecule has 92 valence electrons. The first-order chi connectivity index (χ1) is 7.82. The Labute approximate surface area is 97.1 Å². The van der Waals surface area contributed by atoms with Crippen LogP contribution in [0.2, 0.25) is 0 Å². The largest absolute Gasteiger partial charge is 0.507 e. The number of aromatic carboxylic acids is 2. The number of ether oxygens (including phenoxy) is 1. The van der Waals surface area contributed by atoms with Gasteiger partial charge in [0.1, 0.15) is 22.6 Å². The minimum Gasteiger partial charge on any atom is -0.507 e. The maximum Gasteiger partial charge on any atom is 0.339 e. The summed E-state index contributed by atoms with van der Waals surface area (Å²) in [6.45, 7) is 3.38. The molecule has 0 amide bonds. The smallest absolute Gasteiger partial charge is 0.339 e. The number of carboxylic acids is 2. The van der Waals surface area contributed by atoms with Crippen LogP contribution in [0.15, 0.2) is 12.1 Å². The maximum atomic E-state index is 10.9. The second-order valence-corrected chi connectivity index (χ2v) is 3.64. The molecule has 0 aliphatic heterocycles. The molecule has 1 aromatic carbocycles. The summed E-state index contributed by atoms with van der Waals surface area (Å²) in [5.74, 6) is -3.31. The molecular formula is C11H12O6. The number of benzene rings is 1. The standard InChI is InChI=1S/C11H12O6/c1-5(2)17-9-4-8(12)6(10(13)14)3-7(9)11(15)16/h3-5,12H,1-2H3,(H,13,14)(H,15,16). The van der Waals surface area contributed by atoms with E-state index in [1.807, 2.05) is 0 Å². The van der Waals surface area contributed by atoms with E-state index in [0.717, 1.165) is 12.1 Å². The first-order valence-electron chi connectivity index (χ1n) is 4.83. The van der Waals surface area contributed by atoms with E-state index in [2.05, 4.69) is 0 Å². The van der Waals surface area contributed by atoms with Gasteiger partial charge in [-0.1, -0.05) is 0 Å². The van der Waals surface area contributed by atoms with Crippen LogP contribution in [0, 0.1) is 0 Å². The summed E-state index contributed by atoms with van der Waals surface area (Å²) in [4.78, 5) is 21.7. The molecule has 1 rings (SSSR count). The molecule has 3 N–H and O–H groups in total. The highest BCUT2D eigenvalue weighted by molar-refractivity contribution is 5.97. The van der Waals surface area contributed by atoms with E-state index in [9.17, 15) is 14.7 Å². The molecule has 6 heteroatoms. The van der Waals surface area contributed by atoms with E-state index < -0.39 is 23.3 Å². The zero-order chi connectivity index (χ0) is 13.2. The predicted molar refractivity (Wildman–Crippen MR) is 57.8 cm³/mol. The maximum absolute atomic E-state index is 10.9. The molecule has 0 aliphatic rings. The van der Waals surface area contributed by atoms with Gasteiger partial charge in [0.2, 0.25) is 0 Å². The van der Waals surface area contributed by atoms with Crippen molar-refractivity contribution in [2.24, 2.45) is 0 Å². The van der Waals surface area contributed by atoms with Crippen LogP contribution in [0.5, 0.6) is 11.5 Å². The van der Waals surface area contributed by atoms with Crippen molar-refractivity contribution in [3.63, 3.8) is 0 Å². The van der Waals surface area contributed by atoms with Gasteiger partial charge in [-0.2, -0.15) is 0 Å². The van der Waals surface area contributed by atoms with Crippen molar-refractivity contribution in [1.29, 1.82) is 0 Å². The van der Waals surface area contributed by atoms with E-state index in [-0.39, 0.29) is 17.4 Å². The molecule has 0 bridgehead atoms. The van der Waals surface area contributed by atoms with Crippen molar-refractivity contribution in [2.75, 3.05) is 0 Å². The first kappa shape index (κ1) is 12.8. The fourth-order valence-corrected chi connectivity index (χ4v) is 1.26. The predicted octanol–water partition coefficient (Wildman–Crippen LogP) is 1.58. The number of phenols is 1. The average Bonchev–Trinajstić information content (AvgIpc) is 2.15. The van der Waals surface area contributed by atoms with Gasteiger partial charge in [0.05, 0.1) is 6.10 Å². The molecule has 0 saturated heterocycles. The lowest BCUT2D eigenvalue weighted by Gasteiger charge is -2.13. The highest BCUT2D eigenvalue weighted by Crippen LogP contribution is 2.29. The molecule has 0 spiro atoms. The van der Waals surface area contributed by atoms with Crippen molar-refractivity contribution < 1.29 is 29.6 Å². The molecule has 0 radical (unpaired) electrons. The molecule has 0 aliphatic carbocycles. The molecule has 0 heterocycles. The van der Waals surface area contributed by atoms with Gasteiger partial charge in [-0.15, -0.1) is 0 Å². The molecular weight excluding hydrogens is 228 g/mol. The summed E-state index contributed by atoms with van der Waals surface area (Å²) >= 11 is 0. The molecule has 0 saturated carbocycles. The molecule has 0 aromatic heterocycles. The van der Waals surface area contributed by atoms with Crippen LogP contribution in [0.25, 0.3) is 0 Å². The third-order valence-electron chi connectivity index (χ3n) is 1.92. The molecule has 6 nitrogen and oxygen atoms in total. The van der Waals surface area contributed by atoms with Crippen molar-refractivity contribution in [1.82, 2.24) is 0 Å². The van der Waals surface area contributed by atoms with Gasteiger partial charge in [0.25, 0.3) is 0 Å². The van der Waals surface area contributed by atoms with E-state index in [4.69, 9.17) is 14.9 Å². The number of hydrogen-bond acceptors (Lipinski definition) is 4. The van der Waals surface area contributed by atoms with E-state index in [0.29, 0.717) is 0 Å². The van der Waals surface area contributed by atoms with E-state index in [1.54, 1.807) is 13.8 Å². The van der Waals surface area contributed by atoms with Crippen LogP contribution >= 0.6 is 0 Å². The Bertz CT molecular complexity index is 463. The quantitative estimate of drug-likeness (QED) is 0.738. The molecule has 0 atom stereocenters. The number of aromatic hydroxyl groups is 1. The summed E-state index contributed by atoms with van der Waals surface area (Å²) in [6.07, 6.45) is -0.289. The van der Waals surface area contributed by atoms with Crippen LogP contribution in [0.3, 0.4) is 0 Å². The second kappa shape index (κ2) is 4.73. The fourth-order valence-electron chi connectivity index (χ4n) is 1.26. The number of carbonyl (C=O) groups is 2. The van der Waals surface area contributed by atoms with Gasteiger partial charge in [0.15, 0.2) is 0 Å². The zero-order valence-electron chi connectivity index (χ0n) is 9.30. The van der Waals surface area contributed by atoms with Gasteiger partial charge in [-0.05, 0) is 19.9 Å². The Kier molecular flexibility index (Phi) is 3.57. The lowest BCUT2D eigenvalue weighted by Crippen LogP contribution is -2.11. The third-order valence-corrected chi connectivity index (χ3v) is 1.92. The number of rotatable bonds is 4. The van der Waals surface area contributed by atoms with Crippen LogP contribution in [-0.4, -0.2) is 33.4 Å². The summed E-state index contributed by atoms with van der Waals surface area (Å²) in [5, 5.41) is 27.1. The average molecular weight is 240 g/mol. The normalized spacial score (nSPS) is 10.3. The lowest BCUT2D eigenvalue weighted by molar-refractivity contribution is 0.0690. The Hall–Kier alpha value is -2.24. The number of carboxylic acid groups (broad SMARTS) is 2. The first-order valence-corrected chi connectivity index (χ1v) is 4.83. The minimum absolute atomic E-state index is 0.0602. The molecule has 0 fully saturated rings. The number of hydrogen-bond donors (Lipinski definition) is 3. The topological polar surface area (TPSA) is 104 Å². The van der Waals surface area contributed by atoms with Gasteiger partial charge >= 0.3 is 11.9 Å².